The Morgan fingerprint density at radius 3 is 1.82 bits per heavy atom. The van der Waals surface area contributed by atoms with Crippen molar-refractivity contribution in [2.24, 2.45) is 0 Å². The Morgan fingerprint density at radius 1 is 1.45 bits per heavy atom. The van der Waals surface area contributed by atoms with E-state index in [4.69, 9.17) is 16.7 Å². The van der Waals surface area contributed by atoms with E-state index in [0.717, 1.165) is 0 Å². The van der Waals surface area contributed by atoms with E-state index in [0.29, 0.717) is 11.5 Å². The van der Waals surface area contributed by atoms with Crippen LogP contribution >= 0.6 is 11.6 Å². The molecule has 2 nitrogen and oxygen atoms in total. The molecule has 0 radical (unpaired) electrons. The van der Waals surface area contributed by atoms with Gasteiger partial charge >= 0.3 is 5.97 Å². The van der Waals surface area contributed by atoms with Crippen LogP contribution in [0.5, 0.6) is 0 Å². The molecule has 0 aromatic heterocycles. The van der Waals surface area contributed by atoms with E-state index in [1.165, 1.54) is 0 Å². The minimum Gasteiger partial charge on any atom is -0.478 e. The second kappa shape index (κ2) is 7.61. The number of aliphatic carboxylic acids is 1. The molecule has 3 heteroatoms. The van der Waals surface area contributed by atoms with Crippen molar-refractivity contribution in [3.8, 4) is 0 Å². The topological polar surface area (TPSA) is 37.3 Å². The van der Waals surface area contributed by atoms with E-state index >= 15 is 0 Å². The van der Waals surface area contributed by atoms with E-state index in [-0.39, 0.29) is 5.57 Å². The monoisotopic (exact) mass is 178 g/mol. The van der Waals surface area contributed by atoms with Gasteiger partial charge in [0.05, 0.1) is 5.57 Å². The first-order chi connectivity index (χ1) is 5.09. The summed E-state index contributed by atoms with van der Waals surface area (Å²) in [4.78, 5) is 10.2. The largest absolute Gasteiger partial charge is 0.478 e. The van der Waals surface area contributed by atoms with Gasteiger partial charge in [0, 0.05) is 5.03 Å². The lowest BCUT2D eigenvalue weighted by Gasteiger charge is -1.96. The van der Waals surface area contributed by atoms with Crippen LogP contribution in [-0.2, 0) is 4.79 Å². The standard InChI is InChI=1S/C6H9ClO2.C2H6/c1-3-5(4(2)7)6(8)9;1-2/h3H2,1-2H3,(H,8,9);1-2H3/b5-4-;. The van der Waals surface area contributed by atoms with Gasteiger partial charge in [-0.1, -0.05) is 32.4 Å². The average molecular weight is 179 g/mol. The molecule has 0 fully saturated rings. The summed E-state index contributed by atoms with van der Waals surface area (Å²) in [6.07, 6.45) is 0.477. The van der Waals surface area contributed by atoms with Gasteiger partial charge in [-0.3, -0.25) is 0 Å². The van der Waals surface area contributed by atoms with Crippen LogP contribution < -0.4 is 0 Å². The van der Waals surface area contributed by atoms with Crippen molar-refractivity contribution in [3.05, 3.63) is 10.6 Å². The zero-order valence-electron chi connectivity index (χ0n) is 7.44. The predicted molar refractivity (Wildman–Crippen MR) is 47.8 cm³/mol. The van der Waals surface area contributed by atoms with Crippen molar-refractivity contribution in [3.63, 3.8) is 0 Å². The first kappa shape index (κ1) is 13.1. The third-order valence-corrected chi connectivity index (χ3v) is 1.26. The van der Waals surface area contributed by atoms with Gasteiger partial charge in [-0.2, -0.15) is 0 Å². The molecular formula is C8H15ClO2. The van der Waals surface area contributed by atoms with Crippen LogP contribution in [0.2, 0.25) is 0 Å². The summed E-state index contributed by atoms with van der Waals surface area (Å²) in [7, 11) is 0. The van der Waals surface area contributed by atoms with Gasteiger partial charge in [0.25, 0.3) is 0 Å². The Morgan fingerprint density at radius 2 is 1.82 bits per heavy atom. The fraction of sp³-hybridized carbons (Fsp3) is 0.625. The highest BCUT2D eigenvalue weighted by Gasteiger charge is 2.05. The Bertz CT molecular complexity index is 146. The highest BCUT2D eigenvalue weighted by Crippen LogP contribution is 2.11. The lowest BCUT2D eigenvalue weighted by molar-refractivity contribution is -0.132. The molecule has 0 aliphatic carbocycles. The summed E-state index contributed by atoms with van der Waals surface area (Å²) in [5, 5.41) is 8.77. The van der Waals surface area contributed by atoms with Gasteiger partial charge in [-0.25, -0.2) is 4.79 Å². The maximum atomic E-state index is 10.2. The Kier molecular flexibility index (Phi) is 9.07. The van der Waals surface area contributed by atoms with Crippen LogP contribution in [0, 0.1) is 0 Å². The molecule has 0 bridgehead atoms. The molecule has 0 heterocycles. The number of carboxylic acid groups (broad SMARTS) is 1. The van der Waals surface area contributed by atoms with Crippen LogP contribution in [0.15, 0.2) is 10.6 Å². The third-order valence-electron chi connectivity index (χ3n) is 1.03. The number of carbonyl (C=O) groups is 1. The van der Waals surface area contributed by atoms with E-state index < -0.39 is 5.97 Å². The van der Waals surface area contributed by atoms with E-state index in [9.17, 15) is 4.79 Å². The van der Waals surface area contributed by atoms with Gasteiger partial charge in [-0.15, -0.1) is 0 Å². The molecule has 0 rings (SSSR count). The molecule has 0 amide bonds. The van der Waals surface area contributed by atoms with E-state index in [1.807, 2.05) is 13.8 Å². The summed E-state index contributed by atoms with van der Waals surface area (Å²) in [6, 6.07) is 0. The summed E-state index contributed by atoms with van der Waals surface area (Å²) >= 11 is 5.44. The highest BCUT2D eigenvalue weighted by molar-refractivity contribution is 6.31. The molecule has 0 saturated heterocycles. The Hall–Kier alpha value is -0.500. The van der Waals surface area contributed by atoms with E-state index in [1.54, 1.807) is 13.8 Å². The number of hydrogen-bond donors (Lipinski definition) is 1. The number of allylic oxidation sites excluding steroid dienone is 1. The van der Waals surface area contributed by atoms with Crippen LogP contribution in [0.4, 0.5) is 0 Å². The Labute approximate surface area is 72.9 Å². The zero-order chi connectivity index (χ0) is 9.44. The maximum absolute atomic E-state index is 10.2. The SMILES string of the molecule is CC.CC/C(C(=O)O)=C(\C)Cl. The molecule has 0 aliphatic heterocycles. The molecule has 0 saturated carbocycles. The molecule has 0 unspecified atom stereocenters. The molecule has 0 aromatic carbocycles. The van der Waals surface area contributed by atoms with Crippen molar-refractivity contribution < 1.29 is 9.90 Å². The summed E-state index contributed by atoms with van der Waals surface area (Å²) < 4.78 is 0. The fourth-order valence-electron chi connectivity index (χ4n) is 0.542. The average Bonchev–Trinajstić information content (AvgIpc) is 1.91. The molecular weight excluding hydrogens is 164 g/mol. The van der Waals surface area contributed by atoms with Crippen molar-refractivity contribution >= 4 is 17.6 Å². The predicted octanol–water partition coefficient (Wildman–Crippen LogP) is 3.02. The van der Waals surface area contributed by atoms with Crippen LogP contribution in [0.25, 0.3) is 0 Å². The third kappa shape index (κ3) is 5.92. The zero-order valence-corrected chi connectivity index (χ0v) is 8.20. The second-order valence-electron chi connectivity index (χ2n) is 1.67. The lowest BCUT2D eigenvalue weighted by atomic mass is 10.2. The minimum absolute atomic E-state index is 0.289. The first-order valence-corrected chi connectivity index (χ1v) is 4.06. The molecule has 11 heavy (non-hydrogen) atoms. The van der Waals surface area contributed by atoms with Crippen LogP contribution in [0.1, 0.15) is 34.1 Å². The second-order valence-corrected chi connectivity index (χ2v) is 2.24. The summed E-state index contributed by atoms with van der Waals surface area (Å²) in [5.74, 6) is -0.926. The smallest absolute Gasteiger partial charge is 0.332 e. The van der Waals surface area contributed by atoms with Crippen LogP contribution in [0.3, 0.4) is 0 Å². The number of halogens is 1. The van der Waals surface area contributed by atoms with Crippen molar-refractivity contribution in [2.75, 3.05) is 0 Å². The van der Waals surface area contributed by atoms with E-state index in [2.05, 4.69) is 0 Å². The van der Waals surface area contributed by atoms with Gasteiger partial charge in [0.2, 0.25) is 0 Å². The molecule has 66 valence electrons. The number of hydrogen-bond acceptors (Lipinski definition) is 1. The maximum Gasteiger partial charge on any atom is 0.332 e. The number of rotatable bonds is 2. The summed E-state index contributed by atoms with van der Waals surface area (Å²) in [6.45, 7) is 7.34. The van der Waals surface area contributed by atoms with Gasteiger partial charge < -0.3 is 5.11 Å². The quantitative estimate of drug-likeness (QED) is 0.660. The Balaban J connectivity index is 0. The van der Waals surface area contributed by atoms with Crippen molar-refractivity contribution in [1.82, 2.24) is 0 Å². The van der Waals surface area contributed by atoms with Crippen molar-refractivity contribution in [2.45, 2.75) is 34.1 Å². The molecule has 1 N–H and O–H groups in total. The molecule has 0 aromatic rings. The first-order valence-electron chi connectivity index (χ1n) is 3.68. The molecule has 0 aliphatic rings. The molecule has 0 atom stereocenters. The normalized spacial score (nSPS) is 11.0. The van der Waals surface area contributed by atoms with Crippen molar-refractivity contribution in [1.29, 1.82) is 0 Å². The lowest BCUT2D eigenvalue weighted by Crippen LogP contribution is -1.99. The minimum atomic E-state index is -0.926. The summed E-state index contributed by atoms with van der Waals surface area (Å²) in [5.41, 5.74) is 0.289. The highest BCUT2D eigenvalue weighted by atomic mass is 35.5. The van der Waals surface area contributed by atoms with Gasteiger partial charge in [0.15, 0.2) is 0 Å². The van der Waals surface area contributed by atoms with Crippen LogP contribution in [-0.4, -0.2) is 11.1 Å². The van der Waals surface area contributed by atoms with Gasteiger partial charge in [-0.05, 0) is 13.3 Å². The number of carboxylic acids is 1. The molecule has 0 spiro atoms. The van der Waals surface area contributed by atoms with Gasteiger partial charge in [0.1, 0.15) is 0 Å². The fourth-order valence-corrected chi connectivity index (χ4v) is 0.757.